The fourth-order valence-corrected chi connectivity index (χ4v) is 6.34. The van der Waals surface area contributed by atoms with Crippen molar-refractivity contribution in [3.05, 3.63) is 120 Å². The van der Waals surface area contributed by atoms with E-state index in [-0.39, 0.29) is 18.2 Å². The second-order valence-electron chi connectivity index (χ2n) is 11.6. The average molecular weight is 677 g/mol. The number of nitrogens with zero attached hydrogens (tertiary/aromatic N) is 2. The summed E-state index contributed by atoms with van der Waals surface area (Å²) in [6, 6.07) is 24.4. The van der Waals surface area contributed by atoms with E-state index in [4.69, 9.17) is 10.5 Å². The summed E-state index contributed by atoms with van der Waals surface area (Å²) >= 11 is 1.51. The van der Waals surface area contributed by atoms with Gasteiger partial charge in [-0.15, -0.1) is 0 Å². The summed E-state index contributed by atoms with van der Waals surface area (Å²) in [7, 11) is 0. The summed E-state index contributed by atoms with van der Waals surface area (Å²) in [5.74, 6) is -0.234. The van der Waals surface area contributed by atoms with E-state index in [0.717, 1.165) is 48.4 Å². The van der Waals surface area contributed by atoms with Crippen LogP contribution in [0.15, 0.2) is 97.3 Å². The molecule has 0 unspecified atom stereocenters. The molecule has 0 aliphatic carbocycles. The van der Waals surface area contributed by atoms with E-state index in [1.54, 1.807) is 36.7 Å². The normalized spacial score (nSPS) is 12.8. The fourth-order valence-electron chi connectivity index (χ4n) is 5.46. The summed E-state index contributed by atoms with van der Waals surface area (Å²) in [5, 5.41) is 25.1. The fraction of sp³-hybridized carbons (Fsp3) is 0.237. The molecule has 2 heterocycles. The van der Waals surface area contributed by atoms with Crippen LogP contribution in [0, 0.1) is 5.41 Å². The van der Waals surface area contributed by atoms with E-state index < -0.39 is 5.97 Å². The molecule has 1 aliphatic rings. The number of allylic oxidation sites excluding steroid dienone is 1. The lowest BCUT2D eigenvalue weighted by Crippen LogP contribution is -2.29. The molecule has 0 bridgehead atoms. The summed E-state index contributed by atoms with van der Waals surface area (Å²) in [6.45, 7) is 2.25. The number of amides is 2. The van der Waals surface area contributed by atoms with Gasteiger partial charge in [0.1, 0.15) is 0 Å². The van der Waals surface area contributed by atoms with Crippen LogP contribution in [0.1, 0.15) is 57.5 Å². The van der Waals surface area contributed by atoms with E-state index in [1.165, 1.54) is 24.4 Å². The Morgan fingerprint density at radius 3 is 2.47 bits per heavy atom. The molecule has 10 nitrogen and oxygen atoms in total. The van der Waals surface area contributed by atoms with Gasteiger partial charge < -0.3 is 31.4 Å². The molecule has 5 rings (SSSR count). The van der Waals surface area contributed by atoms with Crippen LogP contribution in [-0.2, 0) is 17.1 Å². The Morgan fingerprint density at radius 1 is 0.898 bits per heavy atom. The minimum Gasteiger partial charge on any atom is -0.481 e. The summed E-state index contributed by atoms with van der Waals surface area (Å²) in [5.41, 5.74) is 6.60. The van der Waals surface area contributed by atoms with Gasteiger partial charge in [0.15, 0.2) is 0 Å². The number of carboxylic acid groups (broad SMARTS) is 1. The maximum Gasteiger partial charge on any atom is 0.304 e. The van der Waals surface area contributed by atoms with E-state index in [0.29, 0.717) is 46.1 Å². The Hall–Kier alpha value is -5.42. The van der Waals surface area contributed by atoms with Crippen LogP contribution in [0.2, 0.25) is 0 Å². The van der Waals surface area contributed by atoms with Gasteiger partial charge in [-0.3, -0.25) is 19.4 Å². The van der Waals surface area contributed by atoms with E-state index in [2.05, 4.69) is 25.8 Å². The van der Waals surface area contributed by atoms with E-state index in [1.807, 2.05) is 60.7 Å². The molecule has 2 amide bonds. The highest BCUT2D eigenvalue weighted by atomic mass is 32.2. The first kappa shape index (κ1) is 34.9. The van der Waals surface area contributed by atoms with Gasteiger partial charge in [0.2, 0.25) is 0 Å². The number of pyridine rings is 1. The van der Waals surface area contributed by atoms with Crippen molar-refractivity contribution < 1.29 is 19.5 Å². The molecule has 1 saturated heterocycles. The topological polar surface area (TPSA) is 148 Å². The number of carbonyl (C=O) groups excluding carboxylic acids is 2. The first-order valence-corrected chi connectivity index (χ1v) is 17.4. The minimum atomic E-state index is -0.826. The molecule has 49 heavy (non-hydrogen) atoms. The van der Waals surface area contributed by atoms with Gasteiger partial charge in [0.25, 0.3) is 11.8 Å². The Balaban J connectivity index is 1.33. The van der Waals surface area contributed by atoms with Crippen molar-refractivity contribution in [2.45, 2.75) is 38.0 Å². The number of hydrogen-bond donors (Lipinski definition) is 5. The number of carbonyl (C=O) groups is 3. The lowest BCUT2D eigenvalue weighted by Gasteiger charge is -2.29. The number of nitrogens with one attached hydrogen (secondary N) is 4. The van der Waals surface area contributed by atoms with Crippen LogP contribution in [0.25, 0.3) is 11.3 Å². The van der Waals surface area contributed by atoms with Crippen molar-refractivity contribution in [1.82, 2.24) is 10.3 Å². The van der Waals surface area contributed by atoms with Gasteiger partial charge in [-0.05, 0) is 91.1 Å². The average Bonchev–Trinajstić information content (AvgIpc) is 3.13. The second-order valence-corrected chi connectivity index (χ2v) is 12.7. The molecule has 1 aromatic heterocycles. The number of hydrogen-bond acceptors (Lipinski definition) is 8. The lowest BCUT2D eigenvalue weighted by molar-refractivity contribution is -0.136. The number of anilines is 3. The van der Waals surface area contributed by atoms with Gasteiger partial charge in [0, 0.05) is 77.8 Å². The molecule has 3 aromatic carbocycles. The molecule has 5 N–H and O–H groups in total. The zero-order chi connectivity index (χ0) is 34.4. The summed E-state index contributed by atoms with van der Waals surface area (Å²) < 4.78 is 0. The Kier molecular flexibility index (Phi) is 12.6. The molecular weight excluding hydrogens is 637 g/mol. The van der Waals surface area contributed by atoms with Gasteiger partial charge in [0.05, 0.1) is 17.8 Å². The Morgan fingerprint density at radius 2 is 1.69 bits per heavy atom. The summed E-state index contributed by atoms with van der Waals surface area (Å²) in [4.78, 5) is 44.6. The van der Waals surface area contributed by atoms with Gasteiger partial charge in [-0.25, -0.2) is 0 Å². The number of piperidine rings is 1. The highest BCUT2D eigenvalue weighted by molar-refractivity contribution is 7.98. The second kappa shape index (κ2) is 17.7. The number of aromatic nitrogens is 1. The number of benzene rings is 3. The van der Waals surface area contributed by atoms with Crippen molar-refractivity contribution in [3.8, 4) is 11.3 Å². The zero-order valence-electron chi connectivity index (χ0n) is 27.2. The maximum absolute atomic E-state index is 13.5. The standard InChI is InChI=1S/C38H40N6O4S/c39-16-5-17-40-31-10-8-27(9-11-31)25-42-37(47)30-14-18-41-35(23-30)33-24-32(44-19-2-1-3-20-44)12-13-34(33)43-38(48)29-7-4-6-28(22-29)26-49-21-15-36(45)46/h4-14,16-18,22-24,39-40H,1-3,15,19-21,25-26H2,(H,42,47)(H,43,48)(H,45,46)/b17-5-,39-16?. The molecule has 1 fully saturated rings. The van der Waals surface area contributed by atoms with Gasteiger partial charge in [-0.1, -0.05) is 24.3 Å². The molecule has 0 radical (unpaired) electrons. The van der Waals surface area contributed by atoms with Gasteiger partial charge >= 0.3 is 5.97 Å². The summed E-state index contributed by atoms with van der Waals surface area (Å²) in [6.07, 6.45) is 9.61. The largest absolute Gasteiger partial charge is 0.481 e. The SMILES string of the molecule is N=C/C=C\Nc1ccc(CNC(=O)c2ccnc(-c3cc(N4CCCCC4)ccc3NC(=O)c3cccc(CSCCC(=O)O)c3)c2)cc1. The third kappa shape index (κ3) is 10.3. The highest BCUT2D eigenvalue weighted by Crippen LogP contribution is 2.33. The predicted molar refractivity (Wildman–Crippen MR) is 198 cm³/mol. The number of thioether (sulfide) groups is 1. The van der Waals surface area contributed by atoms with Crippen molar-refractivity contribution in [3.63, 3.8) is 0 Å². The molecule has 0 atom stereocenters. The molecule has 252 valence electrons. The first-order chi connectivity index (χ1) is 23.9. The van der Waals surface area contributed by atoms with Crippen molar-refractivity contribution in [2.75, 3.05) is 34.4 Å². The predicted octanol–water partition coefficient (Wildman–Crippen LogP) is 7.20. The Bertz CT molecular complexity index is 1800. The molecule has 11 heteroatoms. The molecule has 4 aromatic rings. The maximum atomic E-state index is 13.5. The molecule has 0 spiro atoms. The quantitative estimate of drug-likeness (QED) is 0.0656. The third-order valence-electron chi connectivity index (χ3n) is 8.04. The van der Waals surface area contributed by atoms with Crippen LogP contribution >= 0.6 is 11.8 Å². The molecular formula is C38H40N6O4S. The molecule has 0 saturated carbocycles. The van der Waals surface area contributed by atoms with Crippen molar-refractivity contribution >= 4 is 52.8 Å². The van der Waals surface area contributed by atoms with Crippen molar-refractivity contribution in [1.29, 1.82) is 5.41 Å². The number of carboxylic acids is 1. The van der Waals surface area contributed by atoms with E-state index in [9.17, 15) is 14.4 Å². The highest BCUT2D eigenvalue weighted by Gasteiger charge is 2.18. The van der Waals surface area contributed by atoms with Gasteiger partial charge in [-0.2, -0.15) is 11.8 Å². The first-order valence-electron chi connectivity index (χ1n) is 16.2. The van der Waals surface area contributed by atoms with Crippen LogP contribution in [0.4, 0.5) is 17.1 Å². The minimum absolute atomic E-state index is 0.0930. The van der Waals surface area contributed by atoms with E-state index >= 15 is 0 Å². The van der Waals surface area contributed by atoms with Crippen LogP contribution in [0.3, 0.4) is 0 Å². The van der Waals surface area contributed by atoms with Crippen molar-refractivity contribution in [2.24, 2.45) is 0 Å². The zero-order valence-corrected chi connectivity index (χ0v) is 28.0. The Labute approximate surface area is 290 Å². The number of rotatable bonds is 15. The van der Waals surface area contributed by atoms with Crippen LogP contribution < -0.4 is 20.9 Å². The monoisotopic (exact) mass is 676 g/mol. The molecule has 1 aliphatic heterocycles. The third-order valence-corrected chi connectivity index (χ3v) is 9.07. The smallest absolute Gasteiger partial charge is 0.304 e. The van der Waals surface area contributed by atoms with Crippen LogP contribution in [-0.4, -0.2) is 52.9 Å². The lowest BCUT2D eigenvalue weighted by atomic mass is 10.0. The van der Waals surface area contributed by atoms with Crippen LogP contribution in [0.5, 0.6) is 0 Å². The number of aliphatic carboxylic acids is 1.